The summed E-state index contributed by atoms with van der Waals surface area (Å²) in [6.07, 6.45) is 3.96. The molecule has 0 aliphatic rings. The Labute approximate surface area is 139 Å². The highest BCUT2D eigenvalue weighted by Gasteiger charge is 2.17. The van der Waals surface area contributed by atoms with Gasteiger partial charge in [0.2, 0.25) is 5.91 Å². The van der Waals surface area contributed by atoms with E-state index in [2.05, 4.69) is 15.5 Å². The highest BCUT2D eigenvalue weighted by atomic mass is 35.5. The Morgan fingerprint density at radius 3 is 2.65 bits per heavy atom. The fourth-order valence-corrected chi connectivity index (χ4v) is 2.29. The summed E-state index contributed by atoms with van der Waals surface area (Å²) < 4.78 is 13.4. The van der Waals surface area contributed by atoms with Gasteiger partial charge in [-0.2, -0.15) is 15.0 Å². The minimum atomic E-state index is -0.464. The van der Waals surface area contributed by atoms with Crippen molar-refractivity contribution in [3.8, 4) is 0 Å². The van der Waals surface area contributed by atoms with E-state index < -0.39 is 5.82 Å². The standard InChI is InChI=1S/C16H20ClFN4O/c1-11(2)15(10-22-19-7-8-20-22)21-16(23)6-4-12-3-5-13(17)14(18)9-12/h3,5,7-9,11,15H,4,6,10H2,1-2H3,(H,21,23)/t15-/m0/s1. The molecule has 0 saturated heterocycles. The van der Waals surface area contributed by atoms with Crippen LogP contribution in [0.25, 0.3) is 0 Å². The van der Waals surface area contributed by atoms with Crippen LogP contribution in [0.1, 0.15) is 25.8 Å². The van der Waals surface area contributed by atoms with Crippen molar-refractivity contribution in [3.05, 3.63) is 47.0 Å². The Morgan fingerprint density at radius 2 is 2.04 bits per heavy atom. The van der Waals surface area contributed by atoms with Crippen LogP contribution in [0.3, 0.4) is 0 Å². The molecule has 1 aromatic heterocycles. The number of nitrogens with one attached hydrogen (secondary N) is 1. The third-order valence-corrected chi connectivity index (χ3v) is 3.91. The first-order chi connectivity index (χ1) is 11.0. The SMILES string of the molecule is CC(C)[C@H](Cn1nccn1)NC(=O)CCc1ccc(Cl)c(F)c1. The third-order valence-electron chi connectivity index (χ3n) is 3.60. The first-order valence-corrected chi connectivity index (χ1v) is 7.91. The minimum absolute atomic E-state index is 0.0585. The van der Waals surface area contributed by atoms with Crippen LogP contribution in [-0.4, -0.2) is 26.9 Å². The van der Waals surface area contributed by atoms with Gasteiger partial charge >= 0.3 is 0 Å². The molecule has 1 N–H and O–H groups in total. The predicted octanol–water partition coefficient (Wildman–Crippen LogP) is 2.84. The molecule has 2 rings (SSSR count). The fourth-order valence-electron chi connectivity index (χ4n) is 2.17. The topological polar surface area (TPSA) is 59.8 Å². The summed E-state index contributed by atoms with van der Waals surface area (Å²) in [4.78, 5) is 13.7. The van der Waals surface area contributed by atoms with Crippen LogP contribution in [0.2, 0.25) is 5.02 Å². The van der Waals surface area contributed by atoms with Gasteiger partial charge in [-0.15, -0.1) is 0 Å². The number of aryl methyl sites for hydroxylation is 1. The van der Waals surface area contributed by atoms with E-state index in [-0.39, 0.29) is 29.3 Å². The summed E-state index contributed by atoms with van der Waals surface area (Å²) in [5.74, 6) is -0.293. The summed E-state index contributed by atoms with van der Waals surface area (Å²) in [7, 11) is 0. The number of halogens is 2. The normalized spacial score (nSPS) is 12.4. The van der Waals surface area contributed by atoms with Crippen LogP contribution in [-0.2, 0) is 17.8 Å². The van der Waals surface area contributed by atoms with Gasteiger partial charge in [-0.25, -0.2) is 4.39 Å². The highest BCUT2D eigenvalue weighted by Crippen LogP contribution is 2.16. The van der Waals surface area contributed by atoms with E-state index in [0.29, 0.717) is 13.0 Å². The number of hydrogen-bond acceptors (Lipinski definition) is 3. The van der Waals surface area contributed by atoms with Crippen molar-refractivity contribution in [2.24, 2.45) is 5.92 Å². The van der Waals surface area contributed by atoms with Crippen LogP contribution in [0.4, 0.5) is 4.39 Å². The Hall–Kier alpha value is -1.95. The van der Waals surface area contributed by atoms with Crippen molar-refractivity contribution >= 4 is 17.5 Å². The zero-order valence-electron chi connectivity index (χ0n) is 13.2. The van der Waals surface area contributed by atoms with Crippen molar-refractivity contribution in [2.45, 2.75) is 39.3 Å². The molecule has 2 aromatic rings. The van der Waals surface area contributed by atoms with Gasteiger partial charge in [0.1, 0.15) is 5.82 Å². The van der Waals surface area contributed by atoms with Gasteiger partial charge in [0.15, 0.2) is 0 Å². The summed E-state index contributed by atoms with van der Waals surface area (Å²) in [5, 5.41) is 11.2. The molecule has 0 radical (unpaired) electrons. The van der Waals surface area contributed by atoms with Crippen molar-refractivity contribution in [1.82, 2.24) is 20.3 Å². The molecular formula is C16H20ClFN4O. The van der Waals surface area contributed by atoms with E-state index in [4.69, 9.17) is 11.6 Å². The Kier molecular flexibility index (Phi) is 6.10. The lowest BCUT2D eigenvalue weighted by molar-refractivity contribution is -0.122. The van der Waals surface area contributed by atoms with Gasteiger partial charge < -0.3 is 5.32 Å². The van der Waals surface area contributed by atoms with Crippen LogP contribution in [0.15, 0.2) is 30.6 Å². The molecule has 0 aliphatic carbocycles. The molecule has 0 aliphatic heterocycles. The summed E-state index contributed by atoms with van der Waals surface area (Å²) in [5.41, 5.74) is 0.747. The zero-order chi connectivity index (χ0) is 16.8. The fraction of sp³-hybridized carbons (Fsp3) is 0.438. The van der Waals surface area contributed by atoms with E-state index in [1.54, 1.807) is 23.3 Å². The maximum atomic E-state index is 13.4. The van der Waals surface area contributed by atoms with Gasteiger partial charge in [-0.3, -0.25) is 4.79 Å². The summed E-state index contributed by atoms with van der Waals surface area (Å²) in [6.45, 7) is 4.58. The maximum absolute atomic E-state index is 13.4. The molecule has 7 heteroatoms. The number of carbonyl (C=O) groups is 1. The maximum Gasteiger partial charge on any atom is 0.220 e. The second-order valence-electron chi connectivity index (χ2n) is 5.75. The van der Waals surface area contributed by atoms with Crippen molar-refractivity contribution < 1.29 is 9.18 Å². The molecular weight excluding hydrogens is 319 g/mol. The number of benzene rings is 1. The lowest BCUT2D eigenvalue weighted by atomic mass is 10.0. The molecule has 0 unspecified atom stereocenters. The van der Waals surface area contributed by atoms with Crippen molar-refractivity contribution in [1.29, 1.82) is 0 Å². The van der Waals surface area contributed by atoms with Crippen LogP contribution in [0.5, 0.6) is 0 Å². The number of rotatable bonds is 7. The summed E-state index contributed by atoms with van der Waals surface area (Å²) >= 11 is 5.65. The van der Waals surface area contributed by atoms with E-state index in [0.717, 1.165) is 5.56 Å². The smallest absolute Gasteiger partial charge is 0.220 e. The largest absolute Gasteiger partial charge is 0.351 e. The monoisotopic (exact) mass is 338 g/mol. The molecule has 1 atom stereocenters. The molecule has 0 spiro atoms. The number of hydrogen-bond donors (Lipinski definition) is 1. The van der Waals surface area contributed by atoms with Crippen molar-refractivity contribution in [2.75, 3.05) is 0 Å². The Bertz CT molecular complexity index is 646. The van der Waals surface area contributed by atoms with E-state index in [1.807, 2.05) is 13.8 Å². The number of carbonyl (C=O) groups excluding carboxylic acids is 1. The molecule has 1 aromatic carbocycles. The lowest BCUT2D eigenvalue weighted by Crippen LogP contribution is -2.42. The second-order valence-corrected chi connectivity index (χ2v) is 6.16. The third kappa shape index (κ3) is 5.32. The lowest BCUT2D eigenvalue weighted by Gasteiger charge is -2.21. The average molecular weight is 339 g/mol. The van der Waals surface area contributed by atoms with E-state index in [9.17, 15) is 9.18 Å². The molecule has 0 saturated carbocycles. The van der Waals surface area contributed by atoms with Crippen LogP contribution in [0, 0.1) is 11.7 Å². The molecule has 124 valence electrons. The molecule has 0 fully saturated rings. The summed E-state index contributed by atoms with van der Waals surface area (Å²) in [6, 6.07) is 4.54. The first kappa shape index (κ1) is 17.4. The van der Waals surface area contributed by atoms with Crippen molar-refractivity contribution in [3.63, 3.8) is 0 Å². The predicted molar refractivity (Wildman–Crippen MR) is 86.5 cm³/mol. The zero-order valence-corrected chi connectivity index (χ0v) is 13.9. The number of aromatic nitrogens is 3. The Balaban J connectivity index is 1.87. The quantitative estimate of drug-likeness (QED) is 0.844. The minimum Gasteiger partial charge on any atom is -0.351 e. The van der Waals surface area contributed by atoms with Gasteiger partial charge in [-0.05, 0) is 30.0 Å². The number of amides is 1. The molecule has 23 heavy (non-hydrogen) atoms. The van der Waals surface area contributed by atoms with Gasteiger partial charge in [0.25, 0.3) is 0 Å². The van der Waals surface area contributed by atoms with Gasteiger partial charge in [0.05, 0.1) is 30.0 Å². The Morgan fingerprint density at radius 1 is 1.35 bits per heavy atom. The van der Waals surface area contributed by atoms with Gasteiger partial charge in [0, 0.05) is 6.42 Å². The molecule has 0 bridgehead atoms. The number of nitrogens with zero attached hydrogens (tertiary/aromatic N) is 3. The highest BCUT2D eigenvalue weighted by molar-refractivity contribution is 6.30. The van der Waals surface area contributed by atoms with Gasteiger partial charge in [-0.1, -0.05) is 31.5 Å². The van der Waals surface area contributed by atoms with E-state index >= 15 is 0 Å². The molecule has 1 heterocycles. The molecule has 1 amide bonds. The second kappa shape index (κ2) is 8.06. The average Bonchev–Trinajstić information content (AvgIpc) is 3.01. The molecule has 5 nitrogen and oxygen atoms in total. The van der Waals surface area contributed by atoms with E-state index in [1.165, 1.54) is 12.1 Å². The van der Waals surface area contributed by atoms with Crippen LogP contribution >= 0.6 is 11.6 Å². The van der Waals surface area contributed by atoms with Crippen LogP contribution < -0.4 is 5.32 Å². The first-order valence-electron chi connectivity index (χ1n) is 7.53.